The maximum Gasteiger partial charge on any atom is 0.443 e. The molecule has 0 aromatic heterocycles. The molecule has 0 spiro atoms. The smallest absolute Gasteiger partial charge is 0.359 e. The van der Waals surface area contributed by atoms with Crippen molar-refractivity contribution in [1.82, 2.24) is 0 Å². The van der Waals surface area contributed by atoms with Crippen LogP contribution in [-0.2, 0) is 4.74 Å². The topological polar surface area (TPSA) is 29.5 Å². The summed E-state index contributed by atoms with van der Waals surface area (Å²) in [5.41, 5.74) is 0. The first-order valence-corrected chi connectivity index (χ1v) is 4.89. The Labute approximate surface area is 80.1 Å². The molecule has 14 heavy (non-hydrogen) atoms. The lowest BCUT2D eigenvalue weighted by Gasteiger charge is -2.39. The van der Waals surface area contributed by atoms with Crippen LogP contribution in [0.4, 0.5) is 13.2 Å². The number of hydrogen-bond donors (Lipinski definition) is 1. The fourth-order valence-corrected chi connectivity index (χ4v) is 2.39. The fraction of sp³-hybridized carbons (Fsp3) is 1.00. The summed E-state index contributed by atoms with van der Waals surface area (Å²) in [6.45, 7) is 0. The van der Waals surface area contributed by atoms with E-state index in [4.69, 9.17) is 4.74 Å². The van der Waals surface area contributed by atoms with Gasteiger partial charge in [0.1, 0.15) is 0 Å². The molecule has 2 nitrogen and oxygen atoms in total. The van der Waals surface area contributed by atoms with Crippen molar-refractivity contribution < 1.29 is 23.0 Å². The molecule has 2 rings (SSSR count). The number of ether oxygens (including phenoxy) is 1. The Morgan fingerprint density at radius 1 is 1.21 bits per heavy atom. The minimum atomic E-state index is -4.67. The predicted molar refractivity (Wildman–Crippen MR) is 42.5 cm³/mol. The van der Waals surface area contributed by atoms with Crippen LogP contribution in [0.25, 0.3) is 0 Å². The van der Waals surface area contributed by atoms with E-state index in [-0.39, 0.29) is 12.3 Å². The summed E-state index contributed by atoms with van der Waals surface area (Å²) in [5, 5.41) is 9.31. The van der Waals surface area contributed by atoms with Crippen molar-refractivity contribution >= 4 is 0 Å². The molecule has 2 fully saturated rings. The summed E-state index contributed by atoms with van der Waals surface area (Å²) < 4.78 is 42.0. The summed E-state index contributed by atoms with van der Waals surface area (Å²) in [6.07, 6.45) is -2.49. The van der Waals surface area contributed by atoms with Crippen LogP contribution < -0.4 is 0 Å². The molecule has 5 heteroatoms. The largest absolute Gasteiger partial charge is 0.443 e. The van der Waals surface area contributed by atoms with Gasteiger partial charge in [0, 0.05) is 6.42 Å². The molecule has 3 atom stereocenters. The molecule has 3 unspecified atom stereocenters. The van der Waals surface area contributed by atoms with Crippen LogP contribution in [0.2, 0.25) is 0 Å². The molecule has 1 heterocycles. The Morgan fingerprint density at radius 3 is 2.57 bits per heavy atom. The number of rotatable bonds is 0. The highest BCUT2D eigenvalue weighted by molar-refractivity contribution is 4.90. The van der Waals surface area contributed by atoms with E-state index in [1.165, 1.54) is 0 Å². The van der Waals surface area contributed by atoms with Gasteiger partial charge in [-0.3, -0.25) is 0 Å². The van der Waals surface area contributed by atoms with Gasteiger partial charge in [-0.1, -0.05) is 6.42 Å². The van der Waals surface area contributed by atoms with E-state index in [0.29, 0.717) is 12.8 Å². The SMILES string of the molecule is OC1(C(F)(F)F)CCC2CCCC2O1. The van der Waals surface area contributed by atoms with Gasteiger partial charge < -0.3 is 9.84 Å². The average molecular weight is 210 g/mol. The molecule has 0 amide bonds. The second-order valence-corrected chi connectivity index (χ2v) is 4.17. The zero-order chi connectivity index (χ0) is 10.4. The van der Waals surface area contributed by atoms with Gasteiger partial charge in [0.05, 0.1) is 6.10 Å². The van der Waals surface area contributed by atoms with Gasteiger partial charge in [-0.2, -0.15) is 13.2 Å². The van der Waals surface area contributed by atoms with Gasteiger partial charge in [0.15, 0.2) is 0 Å². The van der Waals surface area contributed by atoms with Crippen LogP contribution in [0.15, 0.2) is 0 Å². The second-order valence-electron chi connectivity index (χ2n) is 4.17. The lowest BCUT2D eigenvalue weighted by atomic mass is 9.92. The Morgan fingerprint density at radius 2 is 1.93 bits per heavy atom. The van der Waals surface area contributed by atoms with Gasteiger partial charge in [0.25, 0.3) is 5.79 Å². The lowest BCUT2D eigenvalue weighted by molar-refractivity contribution is -0.393. The van der Waals surface area contributed by atoms with E-state index in [2.05, 4.69) is 0 Å². The molecule has 1 N–H and O–H groups in total. The van der Waals surface area contributed by atoms with Crippen LogP contribution >= 0.6 is 0 Å². The molecule has 1 aliphatic carbocycles. The zero-order valence-electron chi connectivity index (χ0n) is 7.68. The standard InChI is InChI=1S/C9H13F3O2/c10-9(11,12)8(13)5-4-6-2-1-3-7(6)14-8/h6-7,13H,1-5H2. The summed E-state index contributed by atoms with van der Waals surface area (Å²) >= 11 is 0. The monoisotopic (exact) mass is 210 g/mol. The quantitative estimate of drug-likeness (QED) is 0.664. The van der Waals surface area contributed by atoms with Crippen LogP contribution in [0.5, 0.6) is 0 Å². The van der Waals surface area contributed by atoms with Crippen molar-refractivity contribution in [2.45, 2.75) is 50.2 Å². The van der Waals surface area contributed by atoms with Crippen molar-refractivity contribution in [1.29, 1.82) is 0 Å². The number of halogens is 3. The van der Waals surface area contributed by atoms with Crippen LogP contribution in [0.1, 0.15) is 32.1 Å². The first-order chi connectivity index (χ1) is 6.42. The number of fused-ring (bicyclic) bond motifs is 1. The van der Waals surface area contributed by atoms with Gasteiger partial charge in [-0.25, -0.2) is 0 Å². The van der Waals surface area contributed by atoms with Crippen molar-refractivity contribution in [2.24, 2.45) is 5.92 Å². The lowest BCUT2D eigenvalue weighted by Crippen LogP contribution is -2.53. The third kappa shape index (κ3) is 1.52. The van der Waals surface area contributed by atoms with E-state index < -0.39 is 18.1 Å². The summed E-state index contributed by atoms with van der Waals surface area (Å²) in [6, 6.07) is 0. The number of alkyl halides is 3. The van der Waals surface area contributed by atoms with Crippen LogP contribution in [0, 0.1) is 5.92 Å². The third-order valence-electron chi connectivity index (χ3n) is 3.23. The Hall–Kier alpha value is -0.290. The highest BCUT2D eigenvalue weighted by Gasteiger charge is 2.59. The fourth-order valence-electron chi connectivity index (χ4n) is 2.39. The van der Waals surface area contributed by atoms with Gasteiger partial charge in [0.2, 0.25) is 0 Å². The molecule has 0 aromatic carbocycles. The molecule has 1 saturated carbocycles. The van der Waals surface area contributed by atoms with Crippen molar-refractivity contribution in [2.75, 3.05) is 0 Å². The number of aliphatic hydroxyl groups is 1. The number of hydrogen-bond acceptors (Lipinski definition) is 2. The predicted octanol–water partition coefficient (Wildman–Crippen LogP) is 2.22. The second kappa shape index (κ2) is 3.10. The van der Waals surface area contributed by atoms with Crippen molar-refractivity contribution in [3.05, 3.63) is 0 Å². The first kappa shape index (κ1) is 10.2. The molecule has 1 aliphatic heterocycles. The molecule has 1 saturated heterocycles. The van der Waals surface area contributed by atoms with E-state index in [1.807, 2.05) is 0 Å². The van der Waals surface area contributed by atoms with Crippen molar-refractivity contribution in [3.8, 4) is 0 Å². The third-order valence-corrected chi connectivity index (χ3v) is 3.23. The Balaban J connectivity index is 2.10. The minimum Gasteiger partial charge on any atom is -0.359 e. The van der Waals surface area contributed by atoms with E-state index in [9.17, 15) is 18.3 Å². The molecule has 2 aliphatic rings. The summed E-state index contributed by atoms with van der Waals surface area (Å²) in [5.74, 6) is -2.67. The molecule has 0 radical (unpaired) electrons. The molecular formula is C9H13F3O2. The molecule has 82 valence electrons. The highest BCUT2D eigenvalue weighted by atomic mass is 19.4. The van der Waals surface area contributed by atoms with Gasteiger partial charge >= 0.3 is 6.18 Å². The molecule has 0 aromatic rings. The average Bonchev–Trinajstić information content (AvgIpc) is 2.48. The summed E-state index contributed by atoms with van der Waals surface area (Å²) in [4.78, 5) is 0. The molecular weight excluding hydrogens is 197 g/mol. The zero-order valence-corrected chi connectivity index (χ0v) is 7.68. The Bertz CT molecular complexity index is 229. The van der Waals surface area contributed by atoms with Crippen LogP contribution in [0.3, 0.4) is 0 Å². The maximum atomic E-state index is 12.4. The normalized spacial score (nSPS) is 43.7. The maximum absolute atomic E-state index is 12.4. The van der Waals surface area contributed by atoms with Crippen molar-refractivity contribution in [3.63, 3.8) is 0 Å². The Kier molecular flexibility index (Phi) is 2.27. The molecule has 0 bridgehead atoms. The van der Waals surface area contributed by atoms with E-state index in [0.717, 1.165) is 12.8 Å². The first-order valence-electron chi connectivity index (χ1n) is 4.89. The minimum absolute atomic E-state index is 0.220. The summed E-state index contributed by atoms with van der Waals surface area (Å²) in [7, 11) is 0. The van der Waals surface area contributed by atoms with Gasteiger partial charge in [-0.05, 0) is 25.2 Å². The van der Waals surface area contributed by atoms with Crippen LogP contribution in [-0.4, -0.2) is 23.2 Å². The highest BCUT2D eigenvalue weighted by Crippen LogP contribution is 2.46. The van der Waals surface area contributed by atoms with E-state index >= 15 is 0 Å². The van der Waals surface area contributed by atoms with E-state index in [1.54, 1.807) is 0 Å². The van der Waals surface area contributed by atoms with Gasteiger partial charge in [-0.15, -0.1) is 0 Å².